The Morgan fingerprint density at radius 2 is 2.18 bits per heavy atom. The molecule has 1 rings (SSSR count). The number of aromatic nitrogens is 2. The molecule has 1 unspecified atom stereocenters. The number of imidazole rings is 1. The lowest BCUT2D eigenvalue weighted by Crippen LogP contribution is -2.40. The smallest absolute Gasteiger partial charge is 0.227 e. The molecule has 5 heteroatoms. The van der Waals surface area contributed by atoms with Crippen LogP contribution in [0.3, 0.4) is 0 Å². The topological polar surface area (TPSA) is 64.2 Å². The number of hydrogen-bond donors (Lipinski definition) is 1. The van der Waals surface area contributed by atoms with Gasteiger partial charge in [-0.2, -0.15) is 0 Å². The van der Waals surface area contributed by atoms with Crippen LogP contribution in [0.15, 0.2) is 12.5 Å². The lowest BCUT2D eigenvalue weighted by molar-refractivity contribution is -0.134. The number of aryl methyl sites for hydroxylation is 1. The van der Waals surface area contributed by atoms with Crippen LogP contribution in [-0.2, 0) is 18.3 Å². The normalized spacial score (nSPS) is 12.5. The average Bonchev–Trinajstić information content (AvgIpc) is 2.73. The fourth-order valence-electron chi connectivity index (χ4n) is 1.90. The van der Waals surface area contributed by atoms with Crippen molar-refractivity contribution in [3.05, 3.63) is 18.2 Å². The first-order chi connectivity index (χ1) is 8.13. The maximum Gasteiger partial charge on any atom is 0.227 e. The standard InChI is InChI=1S/C12H22N4O/c1-4-16(5-2)12(17)10(7-13)6-11-8-14-9-15(11)3/h8-10H,4-7,13H2,1-3H3. The van der Waals surface area contributed by atoms with Crippen LogP contribution < -0.4 is 5.73 Å². The van der Waals surface area contributed by atoms with Crippen LogP contribution in [0.4, 0.5) is 0 Å². The summed E-state index contributed by atoms with van der Waals surface area (Å²) in [6, 6.07) is 0. The molecule has 0 bridgehead atoms. The quantitative estimate of drug-likeness (QED) is 0.780. The second-order valence-corrected chi connectivity index (χ2v) is 4.14. The van der Waals surface area contributed by atoms with Crippen molar-refractivity contribution in [1.82, 2.24) is 14.5 Å². The van der Waals surface area contributed by atoms with E-state index in [2.05, 4.69) is 4.98 Å². The van der Waals surface area contributed by atoms with Crippen molar-refractivity contribution in [3.63, 3.8) is 0 Å². The first kappa shape index (κ1) is 13.7. The molecule has 0 radical (unpaired) electrons. The van der Waals surface area contributed by atoms with Crippen LogP contribution in [-0.4, -0.2) is 40.0 Å². The molecule has 96 valence electrons. The van der Waals surface area contributed by atoms with Crippen LogP contribution >= 0.6 is 0 Å². The second kappa shape index (κ2) is 6.39. The maximum atomic E-state index is 12.2. The van der Waals surface area contributed by atoms with E-state index in [-0.39, 0.29) is 11.8 Å². The summed E-state index contributed by atoms with van der Waals surface area (Å²) in [6.45, 7) is 5.81. The molecule has 5 nitrogen and oxygen atoms in total. The Labute approximate surface area is 103 Å². The molecule has 0 aliphatic heterocycles. The fraction of sp³-hybridized carbons (Fsp3) is 0.667. The van der Waals surface area contributed by atoms with Gasteiger partial charge >= 0.3 is 0 Å². The molecule has 0 spiro atoms. The molecule has 1 amide bonds. The highest BCUT2D eigenvalue weighted by atomic mass is 16.2. The summed E-state index contributed by atoms with van der Waals surface area (Å²) in [5, 5.41) is 0. The lowest BCUT2D eigenvalue weighted by Gasteiger charge is -2.24. The van der Waals surface area contributed by atoms with Gasteiger partial charge < -0.3 is 15.2 Å². The van der Waals surface area contributed by atoms with Crippen LogP contribution in [0.1, 0.15) is 19.5 Å². The van der Waals surface area contributed by atoms with Crippen LogP contribution in [0, 0.1) is 5.92 Å². The number of carbonyl (C=O) groups excluding carboxylic acids is 1. The number of nitrogens with zero attached hydrogens (tertiary/aromatic N) is 3. The first-order valence-corrected chi connectivity index (χ1v) is 6.08. The summed E-state index contributed by atoms with van der Waals surface area (Å²) in [7, 11) is 1.93. The molecule has 17 heavy (non-hydrogen) atoms. The highest BCUT2D eigenvalue weighted by Crippen LogP contribution is 2.10. The number of nitrogens with two attached hydrogens (primary N) is 1. The van der Waals surface area contributed by atoms with Gasteiger partial charge in [0.15, 0.2) is 0 Å². The summed E-state index contributed by atoms with van der Waals surface area (Å²) in [5.41, 5.74) is 6.75. The number of hydrogen-bond acceptors (Lipinski definition) is 3. The van der Waals surface area contributed by atoms with Gasteiger partial charge in [-0.05, 0) is 13.8 Å². The number of rotatable bonds is 6. The van der Waals surface area contributed by atoms with Crippen molar-refractivity contribution in [1.29, 1.82) is 0 Å². The van der Waals surface area contributed by atoms with Crippen LogP contribution in [0.2, 0.25) is 0 Å². The Bertz CT molecular complexity index is 357. The molecule has 0 saturated heterocycles. The Morgan fingerprint density at radius 1 is 1.53 bits per heavy atom. The summed E-state index contributed by atoms with van der Waals surface area (Å²) >= 11 is 0. The SMILES string of the molecule is CCN(CC)C(=O)C(CN)Cc1cncn1C. The highest BCUT2D eigenvalue weighted by Gasteiger charge is 2.22. The predicted molar refractivity (Wildman–Crippen MR) is 67.4 cm³/mol. The van der Waals surface area contributed by atoms with Crippen molar-refractivity contribution in [3.8, 4) is 0 Å². The zero-order valence-corrected chi connectivity index (χ0v) is 10.9. The van der Waals surface area contributed by atoms with E-state index in [1.54, 1.807) is 12.5 Å². The third-order valence-electron chi connectivity index (χ3n) is 3.08. The predicted octanol–water partition coefficient (Wildman–Crippen LogP) is 0.406. The van der Waals surface area contributed by atoms with E-state index in [1.165, 1.54) is 0 Å². The second-order valence-electron chi connectivity index (χ2n) is 4.14. The molecule has 1 aromatic rings. The van der Waals surface area contributed by atoms with Crippen molar-refractivity contribution < 1.29 is 4.79 Å². The summed E-state index contributed by atoms with van der Waals surface area (Å²) in [4.78, 5) is 18.1. The van der Waals surface area contributed by atoms with E-state index >= 15 is 0 Å². The molecule has 0 aromatic carbocycles. The minimum atomic E-state index is -0.148. The van der Waals surface area contributed by atoms with Gasteiger partial charge in [0, 0.05) is 45.0 Å². The van der Waals surface area contributed by atoms with Gasteiger partial charge in [-0.1, -0.05) is 0 Å². The van der Waals surface area contributed by atoms with Gasteiger partial charge in [-0.25, -0.2) is 4.98 Å². The summed E-state index contributed by atoms with van der Waals surface area (Å²) in [5.74, 6) is -0.0102. The molecule has 0 aliphatic rings. The maximum absolute atomic E-state index is 12.2. The van der Waals surface area contributed by atoms with Gasteiger partial charge in [0.05, 0.1) is 12.2 Å². The minimum absolute atomic E-state index is 0.138. The molecule has 1 aromatic heterocycles. The molecule has 0 aliphatic carbocycles. The van der Waals surface area contributed by atoms with E-state index in [4.69, 9.17) is 5.73 Å². The van der Waals surface area contributed by atoms with Crippen LogP contribution in [0.5, 0.6) is 0 Å². The van der Waals surface area contributed by atoms with E-state index in [0.29, 0.717) is 13.0 Å². The van der Waals surface area contributed by atoms with Gasteiger partial charge in [-0.15, -0.1) is 0 Å². The zero-order valence-electron chi connectivity index (χ0n) is 10.9. The van der Waals surface area contributed by atoms with E-state index < -0.39 is 0 Å². The van der Waals surface area contributed by atoms with Crippen molar-refractivity contribution in [2.45, 2.75) is 20.3 Å². The van der Waals surface area contributed by atoms with E-state index in [1.807, 2.05) is 30.4 Å². The van der Waals surface area contributed by atoms with Gasteiger partial charge in [0.1, 0.15) is 0 Å². The largest absolute Gasteiger partial charge is 0.343 e. The summed E-state index contributed by atoms with van der Waals surface area (Å²) < 4.78 is 1.93. The zero-order chi connectivity index (χ0) is 12.8. The van der Waals surface area contributed by atoms with Gasteiger partial charge in [0.25, 0.3) is 0 Å². The Kier molecular flexibility index (Phi) is 5.15. The molecule has 2 N–H and O–H groups in total. The Morgan fingerprint density at radius 3 is 2.59 bits per heavy atom. The fourth-order valence-corrected chi connectivity index (χ4v) is 1.90. The summed E-state index contributed by atoms with van der Waals surface area (Å²) in [6.07, 6.45) is 4.19. The molecular weight excluding hydrogens is 216 g/mol. The molecular formula is C12H22N4O. The minimum Gasteiger partial charge on any atom is -0.343 e. The third kappa shape index (κ3) is 3.30. The average molecular weight is 238 g/mol. The van der Waals surface area contributed by atoms with Gasteiger partial charge in [-0.3, -0.25) is 4.79 Å². The van der Waals surface area contributed by atoms with E-state index in [0.717, 1.165) is 18.8 Å². The van der Waals surface area contributed by atoms with E-state index in [9.17, 15) is 4.79 Å². The molecule has 1 heterocycles. The number of carbonyl (C=O) groups is 1. The van der Waals surface area contributed by atoms with Crippen molar-refractivity contribution in [2.75, 3.05) is 19.6 Å². The third-order valence-corrected chi connectivity index (χ3v) is 3.08. The highest BCUT2D eigenvalue weighted by molar-refractivity contribution is 5.79. The molecule has 0 fully saturated rings. The van der Waals surface area contributed by atoms with Crippen molar-refractivity contribution in [2.24, 2.45) is 18.7 Å². The van der Waals surface area contributed by atoms with Crippen LogP contribution in [0.25, 0.3) is 0 Å². The van der Waals surface area contributed by atoms with Gasteiger partial charge in [0.2, 0.25) is 5.91 Å². The van der Waals surface area contributed by atoms with Crippen molar-refractivity contribution >= 4 is 5.91 Å². The Balaban J connectivity index is 2.72. The lowest BCUT2D eigenvalue weighted by atomic mass is 10.0. The first-order valence-electron chi connectivity index (χ1n) is 6.08. The Hall–Kier alpha value is -1.36. The molecule has 0 saturated carbocycles. The molecule has 1 atom stereocenters. The monoisotopic (exact) mass is 238 g/mol. The number of amides is 1.